The molecule has 0 aliphatic carbocycles. The normalized spacial score (nSPS) is 12.6. The van der Waals surface area contributed by atoms with Gasteiger partial charge in [-0.25, -0.2) is 4.79 Å². The van der Waals surface area contributed by atoms with Gasteiger partial charge in [0.15, 0.2) is 0 Å². The smallest absolute Gasteiger partial charge is 0.407 e. The fourth-order valence-corrected chi connectivity index (χ4v) is 2.07. The number of nitrogens with two attached hydrogens (primary N) is 1. The lowest BCUT2D eigenvalue weighted by Gasteiger charge is -2.23. The van der Waals surface area contributed by atoms with E-state index in [0.717, 1.165) is 25.0 Å². The summed E-state index contributed by atoms with van der Waals surface area (Å²) in [6, 6.07) is 7.95. The molecule has 0 aliphatic heterocycles. The van der Waals surface area contributed by atoms with Crippen molar-refractivity contribution in [3.8, 4) is 5.75 Å². The first-order valence-corrected chi connectivity index (χ1v) is 7.66. The van der Waals surface area contributed by atoms with Gasteiger partial charge in [-0.1, -0.05) is 12.1 Å². The molecular formula is C17H28N2O3. The van der Waals surface area contributed by atoms with Crippen LogP contribution in [0.4, 0.5) is 4.79 Å². The van der Waals surface area contributed by atoms with E-state index in [1.54, 1.807) is 7.11 Å². The van der Waals surface area contributed by atoms with Crippen LogP contribution in [-0.4, -0.2) is 31.4 Å². The average Bonchev–Trinajstić information content (AvgIpc) is 2.45. The highest BCUT2D eigenvalue weighted by Crippen LogP contribution is 2.14. The quantitative estimate of drug-likeness (QED) is 0.812. The van der Waals surface area contributed by atoms with Crippen molar-refractivity contribution in [3.05, 3.63) is 29.8 Å². The van der Waals surface area contributed by atoms with E-state index in [-0.39, 0.29) is 6.04 Å². The van der Waals surface area contributed by atoms with Gasteiger partial charge in [0, 0.05) is 12.6 Å². The number of alkyl carbamates (subject to hydrolysis) is 1. The van der Waals surface area contributed by atoms with Crippen LogP contribution in [0.25, 0.3) is 0 Å². The van der Waals surface area contributed by atoms with Gasteiger partial charge in [0.05, 0.1) is 7.11 Å². The molecular weight excluding hydrogens is 280 g/mol. The van der Waals surface area contributed by atoms with Gasteiger partial charge < -0.3 is 20.5 Å². The molecule has 1 aromatic rings. The Kier molecular flexibility index (Phi) is 7.18. The first kappa shape index (κ1) is 18.3. The lowest BCUT2D eigenvalue weighted by atomic mass is 10.0. The Morgan fingerprint density at radius 3 is 2.41 bits per heavy atom. The minimum Gasteiger partial charge on any atom is -0.497 e. The zero-order valence-electron chi connectivity index (χ0n) is 14.0. The minimum absolute atomic E-state index is 0.0619. The lowest BCUT2D eigenvalue weighted by molar-refractivity contribution is 0.0503. The summed E-state index contributed by atoms with van der Waals surface area (Å²) < 4.78 is 10.4. The third-order valence-corrected chi connectivity index (χ3v) is 3.18. The molecule has 0 aromatic heterocycles. The summed E-state index contributed by atoms with van der Waals surface area (Å²) in [5.74, 6) is 0.857. The Morgan fingerprint density at radius 2 is 1.91 bits per heavy atom. The Bertz CT molecular complexity index is 452. The van der Waals surface area contributed by atoms with Gasteiger partial charge in [-0.05, 0) is 57.7 Å². The molecule has 0 spiro atoms. The van der Waals surface area contributed by atoms with Crippen molar-refractivity contribution in [3.63, 3.8) is 0 Å². The first-order valence-electron chi connectivity index (χ1n) is 7.66. The number of aryl methyl sites for hydroxylation is 1. The third kappa shape index (κ3) is 7.31. The standard InChI is InChI=1S/C17H28N2O3/c1-17(2,3)22-16(20)19-14(12-18)7-5-6-13-8-10-15(21-4)11-9-13/h8-11,14H,5-7,12,18H2,1-4H3,(H,19,20). The number of benzene rings is 1. The molecule has 0 bridgehead atoms. The summed E-state index contributed by atoms with van der Waals surface area (Å²) >= 11 is 0. The number of hydrogen-bond acceptors (Lipinski definition) is 4. The molecule has 0 radical (unpaired) electrons. The Labute approximate surface area is 133 Å². The summed E-state index contributed by atoms with van der Waals surface area (Å²) in [5, 5.41) is 2.82. The van der Waals surface area contributed by atoms with Crippen molar-refractivity contribution in [2.75, 3.05) is 13.7 Å². The van der Waals surface area contributed by atoms with E-state index in [0.29, 0.717) is 6.54 Å². The van der Waals surface area contributed by atoms with Gasteiger partial charge in [0.1, 0.15) is 11.4 Å². The first-order chi connectivity index (χ1) is 10.3. The highest BCUT2D eigenvalue weighted by Gasteiger charge is 2.18. The average molecular weight is 308 g/mol. The van der Waals surface area contributed by atoms with Crippen molar-refractivity contribution in [1.29, 1.82) is 0 Å². The predicted octanol–water partition coefficient (Wildman–Crippen LogP) is 2.87. The molecule has 0 aliphatic rings. The largest absolute Gasteiger partial charge is 0.497 e. The highest BCUT2D eigenvalue weighted by atomic mass is 16.6. The zero-order chi connectivity index (χ0) is 16.6. The second-order valence-electron chi connectivity index (χ2n) is 6.32. The van der Waals surface area contributed by atoms with E-state index in [1.165, 1.54) is 5.56 Å². The van der Waals surface area contributed by atoms with Gasteiger partial charge in [-0.2, -0.15) is 0 Å². The number of carbonyl (C=O) groups is 1. The Hall–Kier alpha value is -1.75. The fraction of sp³-hybridized carbons (Fsp3) is 0.588. The van der Waals surface area contributed by atoms with Crippen LogP contribution in [-0.2, 0) is 11.2 Å². The second kappa shape index (κ2) is 8.63. The van der Waals surface area contributed by atoms with Crippen molar-refractivity contribution >= 4 is 6.09 Å². The zero-order valence-corrected chi connectivity index (χ0v) is 14.0. The topological polar surface area (TPSA) is 73.6 Å². The van der Waals surface area contributed by atoms with E-state index in [9.17, 15) is 4.79 Å². The molecule has 22 heavy (non-hydrogen) atoms. The SMILES string of the molecule is COc1ccc(CCCC(CN)NC(=O)OC(C)(C)C)cc1. The van der Waals surface area contributed by atoms with Crippen LogP contribution in [0.15, 0.2) is 24.3 Å². The molecule has 0 saturated carbocycles. The van der Waals surface area contributed by atoms with Gasteiger partial charge in [-0.3, -0.25) is 0 Å². The van der Waals surface area contributed by atoms with Crippen LogP contribution in [0, 0.1) is 0 Å². The minimum atomic E-state index is -0.494. The highest BCUT2D eigenvalue weighted by molar-refractivity contribution is 5.68. The number of carbonyl (C=O) groups excluding carboxylic acids is 1. The monoisotopic (exact) mass is 308 g/mol. The van der Waals surface area contributed by atoms with Crippen LogP contribution in [0.5, 0.6) is 5.75 Å². The Balaban J connectivity index is 2.35. The van der Waals surface area contributed by atoms with Crippen molar-refractivity contribution in [2.24, 2.45) is 5.73 Å². The lowest BCUT2D eigenvalue weighted by Crippen LogP contribution is -2.43. The van der Waals surface area contributed by atoms with Crippen LogP contribution < -0.4 is 15.8 Å². The molecule has 5 heteroatoms. The maximum absolute atomic E-state index is 11.7. The molecule has 124 valence electrons. The van der Waals surface area contributed by atoms with Crippen molar-refractivity contribution in [1.82, 2.24) is 5.32 Å². The summed E-state index contributed by atoms with van der Waals surface area (Å²) in [7, 11) is 1.66. The van der Waals surface area contributed by atoms with Crippen molar-refractivity contribution < 1.29 is 14.3 Å². The summed E-state index contributed by atoms with van der Waals surface area (Å²) in [5.41, 5.74) is 6.47. The number of rotatable bonds is 7. The third-order valence-electron chi connectivity index (χ3n) is 3.18. The predicted molar refractivity (Wildman–Crippen MR) is 88.1 cm³/mol. The maximum Gasteiger partial charge on any atom is 0.407 e. The summed E-state index contributed by atoms with van der Waals surface area (Å²) in [4.78, 5) is 11.7. The number of amides is 1. The van der Waals surface area contributed by atoms with E-state index in [1.807, 2.05) is 32.9 Å². The van der Waals surface area contributed by atoms with Crippen LogP contribution in [0.1, 0.15) is 39.2 Å². The van der Waals surface area contributed by atoms with E-state index >= 15 is 0 Å². The van der Waals surface area contributed by atoms with Gasteiger partial charge >= 0.3 is 6.09 Å². The molecule has 3 N–H and O–H groups in total. The van der Waals surface area contributed by atoms with Gasteiger partial charge in [0.25, 0.3) is 0 Å². The van der Waals surface area contributed by atoms with Crippen molar-refractivity contribution in [2.45, 2.75) is 51.7 Å². The molecule has 0 saturated heterocycles. The summed E-state index contributed by atoms with van der Waals surface area (Å²) in [6.45, 7) is 5.93. The van der Waals surface area contributed by atoms with Crippen LogP contribution in [0.3, 0.4) is 0 Å². The molecule has 1 amide bonds. The van der Waals surface area contributed by atoms with E-state index < -0.39 is 11.7 Å². The number of ether oxygens (including phenoxy) is 2. The Morgan fingerprint density at radius 1 is 1.27 bits per heavy atom. The molecule has 1 atom stereocenters. The van der Waals surface area contributed by atoms with E-state index in [2.05, 4.69) is 17.4 Å². The maximum atomic E-state index is 11.7. The van der Waals surface area contributed by atoms with Crippen LogP contribution in [0.2, 0.25) is 0 Å². The fourth-order valence-electron chi connectivity index (χ4n) is 2.07. The van der Waals surface area contributed by atoms with Gasteiger partial charge in [0.2, 0.25) is 0 Å². The van der Waals surface area contributed by atoms with E-state index in [4.69, 9.17) is 15.2 Å². The molecule has 5 nitrogen and oxygen atoms in total. The molecule has 0 fully saturated rings. The number of methoxy groups -OCH3 is 1. The molecule has 0 heterocycles. The molecule has 1 rings (SSSR count). The number of nitrogens with one attached hydrogen (secondary N) is 1. The molecule has 1 unspecified atom stereocenters. The number of hydrogen-bond donors (Lipinski definition) is 2. The molecule has 1 aromatic carbocycles. The second-order valence-corrected chi connectivity index (χ2v) is 6.32. The van der Waals surface area contributed by atoms with Gasteiger partial charge in [-0.15, -0.1) is 0 Å². The summed E-state index contributed by atoms with van der Waals surface area (Å²) in [6.07, 6.45) is 2.30. The van der Waals surface area contributed by atoms with Crippen LogP contribution >= 0.6 is 0 Å².